The molecule has 12 heavy (non-hydrogen) atoms. The minimum atomic E-state index is -0.0455. The van der Waals surface area contributed by atoms with E-state index in [-0.39, 0.29) is 6.04 Å². The van der Waals surface area contributed by atoms with Gasteiger partial charge in [-0.2, -0.15) is 5.48 Å². The van der Waals surface area contributed by atoms with Gasteiger partial charge in [-0.3, -0.25) is 0 Å². The van der Waals surface area contributed by atoms with Gasteiger partial charge in [0.15, 0.2) is 0 Å². The van der Waals surface area contributed by atoms with Crippen LogP contribution in [0.2, 0.25) is 0 Å². The smallest absolute Gasteiger partial charge is 0.118 e. The van der Waals surface area contributed by atoms with Crippen LogP contribution in [-0.2, 0) is 0 Å². The van der Waals surface area contributed by atoms with Gasteiger partial charge in [-0.25, -0.2) is 0 Å². The summed E-state index contributed by atoms with van der Waals surface area (Å²) in [7, 11) is 1.63. The minimum Gasteiger partial charge on any atom is -0.497 e. The number of hydroxylamine groups is 1. The zero-order valence-corrected chi connectivity index (χ0v) is 7.24. The van der Waals surface area contributed by atoms with Gasteiger partial charge < -0.3 is 9.94 Å². The number of hydrogen-bond acceptors (Lipinski definition) is 3. The number of nitrogens with one attached hydrogen (secondary N) is 1. The molecule has 1 aromatic carbocycles. The maximum atomic E-state index is 8.63. The summed E-state index contributed by atoms with van der Waals surface area (Å²) in [6.45, 7) is 1.88. The first-order valence-electron chi connectivity index (χ1n) is 3.81. The maximum Gasteiger partial charge on any atom is 0.118 e. The van der Waals surface area contributed by atoms with Gasteiger partial charge in [-0.15, -0.1) is 0 Å². The molecule has 0 aliphatic heterocycles. The first-order valence-corrected chi connectivity index (χ1v) is 3.81. The van der Waals surface area contributed by atoms with Crippen LogP contribution in [0.1, 0.15) is 18.5 Å². The van der Waals surface area contributed by atoms with Crippen LogP contribution < -0.4 is 10.2 Å². The Morgan fingerprint density at radius 2 is 1.92 bits per heavy atom. The monoisotopic (exact) mass is 167 g/mol. The Morgan fingerprint density at radius 1 is 1.33 bits per heavy atom. The van der Waals surface area contributed by atoms with Crippen LogP contribution in [0.25, 0.3) is 0 Å². The van der Waals surface area contributed by atoms with Gasteiger partial charge in [0.05, 0.1) is 13.2 Å². The summed E-state index contributed by atoms with van der Waals surface area (Å²) in [6.07, 6.45) is 0. The molecule has 0 fully saturated rings. The molecule has 0 spiro atoms. The number of methoxy groups -OCH3 is 1. The molecular weight excluding hydrogens is 154 g/mol. The molecule has 0 bridgehead atoms. The van der Waals surface area contributed by atoms with Crippen LogP contribution in [-0.4, -0.2) is 12.3 Å². The highest BCUT2D eigenvalue weighted by Crippen LogP contribution is 2.16. The van der Waals surface area contributed by atoms with E-state index in [1.807, 2.05) is 31.2 Å². The van der Waals surface area contributed by atoms with Crippen molar-refractivity contribution in [2.24, 2.45) is 0 Å². The van der Waals surface area contributed by atoms with Gasteiger partial charge in [-0.1, -0.05) is 12.1 Å². The van der Waals surface area contributed by atoms with Crippen LogP contribution in [0.3, 0.4) is 0 Å². The Kier molecular flexibility index (Phi) is 3.08. The van der Waals surface area contributed by atoms with Gasteiger partial charge in [0.2, 0.25) is 0 Å². The highest BCUT2D eigenvalue weighted by molar-refractivity contribution is 5.28. The molecule has 0 aliphatic carbocycles. The van der Waals surface area contributed by atoms with Crippen LogP contribution in [0, 0.1) is 0 Å². The fraction of sp³-hybridized carbons (Fsp3) is 0.333. The summed E-state index contributed by atoms with van der Waals surface area (Å²) in [5.74, 6) is 0.823. The molecule has 0 aromatic heterocycles. The van der Waals surface area contributed by atoms with E-state index in [9.17, 15) is 0 Å². The third kappa shape index (κ3) is 1.96. The number of ether oxygens (including phenoxy) is 1. The Labute approximate surface area is 71.9 Å². The molecule has 0 unspecified atom stereocenters. The molecule has 66 valence electrons. The van der Waals surface area contributed by atoms with E-state index in [1.165, 1.54) is 0 Å². The zero-order chi connectivity index (χ0) is 8.97. The van der Waals surface area contributed by atoms with Crippen molar-refractivity contribution in [3.05, 3.63) is 29.8 Å². The van der Waals surface area contributed by atoms with Crippen molar-refractivity contribution in [1.29, 1.82) is 0 Å². The maximum absolute atomic E-state index is 8.63. The first kappa shape index (κ1) is 9.03. The van der Waals surface area contributed by atoms with Crippen molar-refractivity contribution in [2.75, 3.05) is 7.11 Å². The second-order valence-corrected chi connectivity index (χ2v) is 2.62. The van der Waals surface area contributed by atoms with Gasteiger partial charge in [0.1, 0.15) is 5.75 Å². The molecule has 0 saturated heterocycles. The number of rotatable bonds is 3. The highest BCUT2D eigenvalue weighted by atomic mass is 16.5. The molecular formula is C9H13NO2. The van der Waals surface area contributed by atoms with E-state index in [2.05, 4.69) is 5.48 Å². The summed E-state index contributed by atoms with van der Waals surface area (Å²) in [5.41, 5.74) is 3.20. The number of hydrogen-bond donors (Lipinski definition) is 2. The Balaban J connectivity index is 2.77. The quantitative estimate of drug-likeness (QED) is 0.674. The van der Waals surface area contributed by atoms with E-state index in [0.29, 0.717) is 0 Å². The average Bonchev–Trinajstić information content (AvgIpc) is 2.17. The lowest BCUT2D eigenvalue weighted by Gasteiger charge is -2.09. The molecule has 1 aromatic rings. The third-order valence-corrected chi connectivity index (χ3v) is 1.81. The fourth-order valence-electron chi connectivity index (χ4n) is 0.967. The lowest BCUT2D eigenvalue weighted by molar-refractivity contribution is 0.133. The standard InChI is InChI=1S/C9H13NO2/c1-7(10-11)8-3-5-9(12-2)6-4-8/h3-7,10-11H,1-2H3/t7-/m0/s1. The highest BCUT2D eigenvalue weighted by Gasteiger charge is 2.01. The SMILES string of the molecule is COc1ccc([C@H](C)NO)cc1. The summed E-state index contributed by atoms with van der Waals surface area (Å²) < 4.78 is 5.00. The van der Waals surface area contributed by atoms with Crippen LogP contribution >= 0.6 is 0 Å². The fourth-order valence-corrected chi connectivity index (χ4v) is 0.967. The Hall–Kier alpha value is -1.06. The third-order valence-electron chi connectivity index (χ3n) is 1.81. The molecule has 3 heteroatoms. The minimum absolute atomic E-state index is 0.0455. The van der Waals surface area contributed by atoms with Crippen molar-refractivity contribution in [2.45, 2.75) is 13.0 Å². The van der Waals surface area contributed by atoms with Crippen LogP contribution in [0.15, 0.2) is 24.3 Å². The molecule has 1 rings (SSSR count). The largest absolute Gasteiger partial charge is 0.497 e. The second-order valence-electron chi connectivity index (χ2n) is 2.62. The summed E-state index contributed by atoms with van der Waals surface area (Å²) in [6, 6.07) is 7.50. The number of benzene rings is 1. The molecule has 1 atom stereocenters. The van der Waals surface area contributed by atoms with E-state index < -0.39 is 0 Å². The predicted molar refractivity (Wildman–Crippen MR) is 46.3 cm³/mol. The molecule has 2 N–H and O–H groups in total. The molecule has 3 nitrogen and oxygen atoms in total. The van der Waals surface area contributed by atoms with Crippen molar-refractivity contribution in [3.8, 4) is 5.75 Å². The molecule has 0 saturated carbocycles. The summed E-state index contributed by atoms with van der Waals surface area (Å²) >= 11 is 0. The van der Waals surface area contributed by atoms with Gasteiger partial charge >= 0.3 is 0 Å². The Bertz CT molecular complexity index is 233. The van der Waals surface area contributed by atoms with E-state index >= 15 is 0 Å². The zero-order valence-electron chi connectivity index (χ0n) is 7.24. The van der Waals surface area contributed by atoms with E-state index in [1.54, 1.807) is 7.11 Å². The van der Waals surface area contributed by atoms with Crippen molar-refractivity contribution < 1.29 is 9.94 Å². The first-order chi connectivity index (χ1) is 5.77. The molecule has 0 amide bonds. The lowest BCUT2D eigenvalue weighted by Crippen LogP contribution is -2.12. The van der Waals surface area contributed by atoms with Gasteiger partial charge in [0, 0.05) is 0 Å². The van der Waals surface area contributed by atoms with Crippen LogP contribution in [0.5, 0.6) is 5.75 Å². The normalized spacial score (nSPS) is 12.6. The molecule has 0 heterocycles. The molecule has 0 aliphatic rings. The van der Waals surface area contributed by atoms with Gasteiger partial charge in [0.25, 0.3) is 0 Å². The van der Waals surface area contributed by atoms with Crippen molar-refractivity contribution in [3.63, 3.8) is 0 Å². The van der Waals surface area contributed by atoms with Crippen molar-refractivity contribution in [1.82, 2.24) is 5.48 Å². The summed E-state index contributed by atoms with van der Waals surface area (Å²) in [5, 5.41) is 8.63. The predicted octanol–water partition coefficient (Wildman–Crippen LogP) is 1.73. The topological polar surface area (TPSA) is 41.5 Å². The van der Waals surface area contributed by atoms with Crippen LogP contribution in [0.4, 0.5) is 0 Å². The second kappa shape index (κ2) is 4.09. The summed E-state index contributed by atoms with van der Waals surface area (Å²) in [4.78, 5) is 0. The van der Waals surface area contributed by atoms with Crippen molar-refractivity contribution >= 4 is 0 Å². The van der Waals surface area contributed by atoms with E-state index in [0.717, 1.165) is 11.3 Å². The van der Waals surface area contributed by atoms with E-state index in [4.69, 9.17) is 9.94 Å². The van der Waals surface area contributed by atoms with Gasteiger partial charge in [-0.05, 0) is 24.6 Å². The lowest BCUT2D eigenvalue weighted by atomic mass is 10.1. The average molecular weight is 167 g/mol. The Morgan fingerprint density at radius 3 is 2.33 bits per heavy atom. The molecule has 0 radical (unpaired) electrons.